The molecule has 0 unspecified atom stereocenters. The van der Waals surface area contributed by atoms with Gasteiger partial charge in [-0.25, -0.2) is 13.2 Å². The first kappa shape index (κ1) is 37.6. The average molecular weight is 677 g/mol. The Labute approximate surface area is 277 Å². The van der Waals surface area contributed by atoms with E-state index in [4.69, 9.17) is 14.2 Å². The van der Waals surface area contributed by atoms with Crippen molar-refractivity contribution in [2.24, 2.45) is 11.3 Å². The highest BCUT2D eigenvalue weighted by molar-refractivity contribution is 7.89. The maximum Gasteiger partial charge on any atom is 0.407 e. The van der Waals surface area contributed by atoms with Crippen LogP contribution < -0.4 is 25.4 Å². The number of carbonyl (C=O) groups excluding carboxylic acids is 3. The Bertz CT molecular complexity index is 1480. The lowest BCUT2D eigenvalue weighted by Crippen LogP contribution is -2.59. The van der Waals surface area contributed by atoms with Crippen molar-refractivity contribution in [1.82, 2.24) is 20.3 Å². The Kier molecular flexibility index (Phi) is 13.0. The van der Waals surface area contributed by atoms with E-state index in [1.165, 1.54) is 22.5 Å². The Morgan fingerprint density at radius 2 is 1.62 bits per heavy atom. The van der Waals surface area contributed by atoms with Crippen LogP contribution in [-0.2, 0) is 30.8 Å². The van der Waals surface area contributed by atoms with Gasteiger partial charge in [0, 0.05) is 19.2 Å². The van der Waals surface area contributed by atoms with Gasteiger partial charge in [-0.3, -0.25) is 9.59 Å². The number of amides is 3. The molecule has 0 fully saturated rings. The van der Waals surface area contributed by atoms with Gasteiger partial charge in [-0.05, 0) is 49.3 Å². The molecule has 13 nitrogen and oxygen atoms in total. The second-order valence-corrected chi connectivity index (χ2v) is 15.2. The van der Waals surface area contributed by atoms with E-state index in [-0.39, 0.29) is 43.2 Å². The predicted molar refractivity (Wildman–Crippen MR) is 175 cm³/mol. The molecule has 0 saturated carbocycles. The zero-order valence-electron chi connectivity index (χ0n) is 28.1. The first-order valence-electron chi connectivity index (χ1n) is 15.6. The quantitative estimate of drug-likeness (QED) is 0.221. The van der Waals surface area contributed by atoms with E-state index < -0.39 is 58.1 Å². The van der Waals surface area contributed by atoms with Crippen LogP contribution in [0, 0.1) is 11.3 Å². The lowest BCUT2D eigenvalue weighted by atomic mass is 9.85. The molecule has 1 heterocycles. The molecule has 0 aromatic heterocycles. The van der Waals surface area contributed by atoms with E-state index in [1.54, 1.807) is 34.6 Å². The number of sulfonamides is 1. The Hall–Kier alpha value is -3.88. The number of fused-ring (bicyclic) bond motifs is 1. The van der Waals surface area contributed by atoms with Crippen molar-refractivity contribution in [2.45, 2.75) is 84.1 Å². The Morgan fingerprint density at radius 1 is 0.957 bits per heavy atom. The normalized spacial score (nSPS) is 14.9. The number of aliphatic hydroxyl groups excluding tert-OH is 1. The van der Waals surface area contributed by atoms with Crippen molar-refractivity contribution in [3.8, 4) is 11.5 Å². The van der Waals surface area contributed by atoms with E-state index in [0.717, 1.165) is 5.56 Å². The zero-order valence-corrected chi connectivity index (χ0v) is 28.9. The number of rotatable bonds is 15. The topological polar surface area (TPSA) is 173 Å². The van der Waals surface area contributed by atoms with Gasteiger partial charge >= 0.3 is 6.09 Å². The predicted octanol–water partition coefficient (Wildman–Crippen LogP) is 2.82. The van der Waals surface area contributed by atoms with Crippen LogP contribution in [0.25, 0.3) is 0 Å². The van der Waals surface area contributed by atoms with E-state index in [0.29, 0.717) is 11.5 Å². The molecule has 0 spiro atoms. The third-order valence-corrected chi connectivity index (χ3v) is 9.03. The van der Waals surface area contributed by atoms with E-state index in [2.05, 4.69) is 16.0 Å². The molecule has 14 heteroatoms. The van der Waals surface area contributed by atoms with Crippen molar-refractivity contribution in [3.63, 3.8) is 0 Å². The summed E-state index contributed by atoms with van der Waals surface area (Å²) in [6.45, 7) is 11.7. The molecule has 1 aliphatic heterocycles. The van der Waals surface area contributed by atoms with Crippen LogP contribution >= 0.6 is 0 Å². The molecule has 0 saturated heterocycles. The Balaban J connectivity index is 1.85. The number of carbonyl (C=O) groups is 3. The number of benzene rings is 2. The fraction of sp³-hybridized carbons (Fsp3) is 0.545. The molecule has 3 atom stereocenters. The summed E-state index contributed by atoms with van der Waals surface area (Å²) in [6.07, 6.45) is -2.30. The van der Waals surface area contributed by atoms with Crippen LogP contribution in [0.4, 0.5) is 4.79 Å². The number of nitrogens with zero attached hydrogens (tertiary/aromatic N) is 1. The fourth-order valence-electron chi connectivity index (χ4n) is 4.91. The molecule has 260 valence electrons. The molecule has 4 N–H and O–H groups in total. The third-order valence-electron chi connectivity index (χ3n) is 7.20. The molecule has 2 aromatic carbocycles. The third kappa shape index (κ3) is 11.1. The van der Waals surface area contributed by atoms with Gasteiger partial charge in [-0.2, -0.15) is 4.31 Å². The summed E-state index contributed by atoms with van der Waals surface area (Å²) in [5.74, 6) is -0.520. The first-order chi connectivity index (χ1) is 22.0. The number of ether oxygens (including phenoxy) is 3. The van der Waals surface area contributed by atoms with Crippen LogP contribution in [0.2, 0.25) is 0 Å². The van der Waals surface area contributed by atoms with Gasteiger partial charge in [0.2, 0.25) is 28.6 Å². The summed E-state index contributed by atoms with van der Waals surface area (Å²) < 4.78 is 44.7. The van der Waals surface area contributed by atoms with Gasteiger partial charge in [-0.1, -0.05) is 65.0 Å². The summed E-state index contributed by atoms with van der Waals surface area (Å²) in [5, 5.41) is 19.5. The molecular formula is C33H48N4O9S. The van der Waals surface area contributed by atoms with Crippen LogP contribution in [0.5, 0.6) is 11.5 Å². The average Bonchev–Trinajstić information content (AvgIpc) is 3.45. The van der Waals surface area contributed by atoms with Crippen LogP contribution in [-0.4, -0.2) is 86.5 Å². The van der Waals surface area contributed by atoms with Gasteiger partial charge in [0.1, 0.15) is 12.6 Å². The largest absolute Gasteiger partial charge is 0.454 e. The smallest absolute Gasteiger partial charge is 0.407 e. The Morgan fingerprint density at radius 3 is 2.23 bits per heavy atom. The second kappa shape index (κ2) is 16.3. The van der Waals surface area contributed by atoms with Gasteiger partial charge < -0.3 is 35.3 Å². The molecule has 1 aliphatic rings. The first-order valence-corrected chi connectivity index (χ1v) is 17.1. The van der Waals surface area contributed by atoms with Gasteiger partial charge in [0.25, 0.3) is 0 Å². The highest BCUT2D eigenvalue weighted by Gasteiger charge is 2.37. The van der Waals surface area contributed by atoms with E-state index in [1.807, 2.05) is 44.2 Å². The number of nitrogens with one attached hydrogen (secondary N) is 3. The van der Waals surface area contributed by atoms with Crippen LogP contribution in [0.1, 0.15) is 54.0 Å². The molecule has 0 bridgehead atoms. The maximum absolute atomic E-state index is 13.9. The summed E-state index contributed by atoms with van der Waals surface area (Å²) in [5.41, 5.74) is 0.0300. The fourth-order valence-corrected chi connectivity index (χ4v) is 6.55. The summed E-state index contributed by atoms with van der Waals surface area (Å²) in [7, 11) is -4.10. The number of alkyl carbamates (subject to hydrolysis) is 1. The van der Waals surface area contributed by atoms with Crippen molar-refractivity contribution < 1.29 is 42.1 Å². The van der Waals surface area contributed by atoms with Crippen molar-refractivity contribution in [3.05, 3.63) is 54.1 Å². The number of hydrogen-bond acceptors (Lipinski definition) is 9. The lowest BCUT2D eigenvalue weighted by Gasteiger charge is -2.34. The maximum atomic E-state index is 13.9. The van der Waals surface area contributed by atoms with Crippen molar-refractivity contribution in [2.75, 3.05) is 26.4 Å². The van der Waals surface area contributed by atoms with Gasteiger partial charge in [0.15, 0.2) is 11.5 Å². The molecule has 0 aliphatic carbocycles. The highest BCUT2D eigenvalue weighted by Crippen LogP contribution is 2.35. The zero-order chi connectivity index (χ0) is 34.9. The standard InChI is InChI=1S/C33H48N4O9S/c1-21(2)18-37(47(42,43)24-13-14-27-28(16-24)45-20-44-27)19-26(38)25(15-23-11-9-8-10-12-23)35-31(40)30(33(5,6)7)36-29(39)17-34-32(41)46-22(3)4/h8-14,16,21-22,25-26,30,38H,15,17-20H2,1-7H3,(H,34,41)(H,35,40)(H,36,39)/t25-,26+,30+/m0/s1. The van der Waals surface area contributed by atoms with Crippen molar-refractivity contribution >= 4 is 27.9 Å². The number of aliphatic hydroxyl groups is 1. The molecule has 0 radical (unpaired) electrons. The number of hydrogen-bond donors (Lipinski definition) is 4. The van der Waals surface area contributed by atoms with Gasteiger partial charge in [-0.15, -0.1) is 0 Å². The lowest BCUT2D eigenvalue weighted by molar-refractivity contribution is -0.132. The van der Waals surface area contributed by atoms with Crippen molar-refractivity contribution in [1.29, 1.82) is 0 Å². The minimum Gasteiger partial charge on any atom is -0.454 e. The van der Waals surface area contributed by atoms with Gasteiger partial charge in [0.05, 0.1) is 23.1 Å². The van der Waals surface area contributed by atoms with E-state index in [9.17, 15) is 27.9 Å². The second-order valence-electron chi connectivity index (χ2n) is 13.3. The molecule has 3 rings (SSSR count). The molecule has 47 heavy (non-hydrogen) atoms. The monoisotopic (exact) mass is 676 g/mol. The summed E-state index contributed by atoms with van der Waals surface area (Å²) in [6, 6.07) is 11.5. The van der Waals surface area contributed by atoms with Crippen LogP contribution in [0.3, 0.4) is 0 Å². The minimum atomic E-state index is -4.10. The molecule has 3 amide bonds. The minimum absolute atomic E-state index is 0.00861. The SMILES string of the molecule is CC(C)CN(C[C@@H](O)[C@H](Cc1ccccc1)NC(=O)[C@@H](NC(=O)CNC(=O)OC(C)C)C(C)(C)C)S(=O)(=O)c1ccc2c(c1)OCO2. The highest BCUT2D eigenvalue weighted by atomic mass is 32.2. The van der Waals surface area contributed by atoms with E-state index >= 15 is 0 Å². The molecular weight excluding hydrogens is 628 g/mol. The van der Waals surface area contributed by atoms with Crippen LogP contribution in [0.15, 0.2) is 53.4 Å². The summed E-state index contributed by atoms with van der Waals surface area (Å²) >= 11 is 0. The molecule has 2 aromatic rings. The summed E-state index contributed by atoms with van der Waals surface area (Å²) in [4.78, 5) is 38.4.